The number of methoxy groups -OCH3 is 1. The average molecular weight is 415 g/mol. The lowest BCUT2D eigenvalue weighted by molar-refractivity contribution is 0.0694. The van der Waals surface area contributed by atoms with Gasteiger partial charge in [0.05, 0.1) is 29.1 Å². The van der Waals surface area contributed by atoms with Crippen LogP contribution in [0.25, 0.3) is 10.9 Å². The third-order valence-electron chi connectivity index (χ3n) is 6.96. The van der Waals surface area contributed by atoms with Crippen LogP contribution < -0.4 is 15.5 Å². The van der Waals surface area contributed by atoms with Crippen molar-refractivity contribution >= 4 is 16.9 Å². The topological polar surface area (TPSA) is 83.8 Å². The zero-order valence-electron chi connectivity index (χ0n) is 17.2. The summed E-state index contributed by atoms with van der Waals surface area (Å²) in [7, 11) is 3.53. The highest BCUT2D eigenvalue weighted by atomic mass is 19.1. The molecule has 7 nitrogen and oxygen atoms in total. The first-order valence-corrected chi connectivity index (χ1v) is 10.5. The minimum Gasteiger partial charge on any atom is -0.494 e. The standard InChI is InChI=1S/C22H26FN3O4/c1-25-9-12-4-3-7-24-22(12,11-25)17-16(23)8-14-18(20(17)30-2)26(13-5-6-13)10-15(19(14)27)21(28)29/h8,10,12-13,24H,3-7,9,11H2,1-2H3,(H,28,29)/t12-,22-/m0/s1. The third kappa shape index (κ3) is 2.70. The van der Waals surface area contributed by atoms with Gasteiger partial charge in [0.25, 0.3) is 0 Å². The summed E-state index contributed by atoms with van der Waals surface area (Å²) in [5, 5.41) is 13.2. The minimum atomic E-state index is -1.30. The number of likely N-dealkylation sites (N-methyl/N-ethyl adjacent to an activating group) is 1. The molecule has 3 aliphatic rings. The summed E-state index contributed by atoms with van der Waals surface area (Å²) < 4.78 is 23.4. The number of piperidine rings is 1. The van der Waals surface area contributed by atoms with Gasteiger partial charge in [-0.15, -0.1) is 0 Å². The molecule has 3 fully saturated rings. The van der Waals surface area contributed by atoms with Gasteiger partial charge in [-0.3, -0.25) is 4.79 Å². The monoisotopic (exact) mass is 415 g/mol. The Bertz CT molecular complexity index is 1110. The van der Waals surface area contributed by atoms with Crippen LogP contribution in [0, 0.1) is 11.7 Å². The molecule has 3 heterocycles. The maximum Gasteiger partial charge on any atom is 0.341 e. The lowest BCUT2D eigenvalue weighted by Gasteiger charge is -2.41. The first-order valence-electron chi connectivity index (χ1n) is 10.5. The Morgan fingerprint density at radius 2 is 2.13 bits per heavy atom. The van der Waals surface area contributed by atoms with E-state index in [-0.39, 0.29) is 22.9 Å². The number of hydrogen-bond donors (Lipinski definition) is 2. The molecular formula is C22H26FN3O4. The summed E-state index contributed by atoms with van der Waals surface area (Å²) in [5.74, 6) is -1.24. The van der Waals surface area contributed by atoms with Crippen LogP contribution in [-0.2, 0) is 5.54 Å². The summed E-state index contributed by atoms with van der Waals surface area (Å²) >= 11 is 0. The van der Waals surface area contributed by atoms with E-state index < -0.39 is 22.8 Å². The largest absolute Gasteiger partial charge is 0.494 e. The Balaban J connectivity index is 1.86. The second-order valence-corrected chi connectivity index (χ2v) is 8.91. The van der Waals surface area contributed by atoms with E-state index in [2.05, 4.69) is 10.2 Å². The SMILES string of the molecule is COc1c([C@]23CN(C)C[C@@H]2CCCN3)c(F)cc2c(=O)c(C(=O)O)cn(C3CC3)c12. The Kier molecular flexibility index (Phi) is 4.41. The highest BCUT2D eigenvalue weighted by Crippen LogP contribution is 2.49. The number of halogens is 1. The fourth-order valence-corrected chi connectivity index (χ4v) is 5.58. The van der Waals surface area contributed by atoms with Crippen molar-refractivity contribution in [2.45, 2.75) is 37.3 Å². The van der Waals surface area contributed by atoms with E-state index in [9.17, 15) is 14.7 Å². The Hall–Kier alpha value is -2.45. The number of rotatable bonds is 4. The quantitative estimate of drug-likeness (QED) is 0.798. The number of carbonyl (C=O) groups is 1. The molecule has 30 heavy (non-hydrogen) atoms. The number of likely N-dealkylation sites (tertiary alicyclic amines) is 1. The molecule has 0 bridgehead atoms. The van der Waals surface area contributed by atoms with Crippen molar-refractivity contribution in [2.75, 3.05) is 33.8 Å². The Morgan fingerprint density at radius 3 is 2.80 bits per heavy atom. The van der Waals surface area contributed by atoms with Gasteiger partial charge in [-0.25, -0.2) is 9.18 Å². The van der Waals surface area contributed by atoms with E-state index in [1.165, 1.54) is 19.4 Å². The third-order valence-corrected chi connectivity index (χ3v) is 6.96. The van der Waals surface area contributed by atoms with Gasteiger partial charge < -0.3 is 24.6 Å². The number of pyridine rings is 1. The zero-order chi connectivity index (χ0) is 21.2. The van der Waals surface area contributed by atoms with Gasteiger partial charge in [0.2, 0.25) is 5.43 Å². The van der Waals surface area contributed by atoms with E-state index in [1.807, 2.05) is 11.6 Å². The van der Waals surface area contributed by atoms with Crippen molar-refractivity contribution in [1.29, 1.82) is 0 Å². The molecule has 8 heteroatoms. The van der Waals surface area contributed by atoms with Crippen molar-refractivity contribution < 1.29 is 19.0 Å². The molecule has 0 amide bonds. The molecule has 1 saturated carbocycles. The Labute approximate surface area is 173 Å². The molecule has 0 spiro atoms. The smallest absolute Gasteiger partial charge is 0.341 e. The van der Waals surface area contributed by atoms with Gasteiger partial charge >= 0.3 is 5.97 Å². The summed E-state index contributed by atoms with van der Waals surface area (Å²) in [6, 6.07) is 1.32. The molecule has 160 valence electrons. The number of aromatic carboxylic acids is 1. The number of hydrogen-bond acceptors (Lipinski definition) is 5. The van der Waals surface area contributed by atoms with Crippen molar-refractivity contribution in [3.05, 3.63) is 39.4 Å². The predicted molar refractivity (Wildman–Crippen MR) is 110 cm³/mol. The first-order chi connectivity index (χ1) is 14.4. The van der Waals surface area contributed by atoms with Crippen LogP contribution in [0.3, 0.4) is 0 Å². The summed E-state index contributed by atoms with van der Waals surface area (Å²) in [6.45, 7) is 2.30. The van der Waals surface area contributed by atoms with E-state index >= 15 is 4.39 Å². The second kappa shape index (κ2) is 6.78. The molecule has 0 radical (unpaired) electrons. The van der Waals surface area contributed by atoms with Crippen LogP contribution in [0.5, 0.6) is 5.75 Å². The molecule has 2 atom stereocenters. The van der Waals surface area contributed by atoms with Crippen LogP contribution in [-0.4, -0.2) is 54.3 Å². The summed E-state index contributed by atoms with van der Waals surface area (Å²) in [4.78, 5) is 26.8. The normalized spacial score (nSPS) is 26.7. The van der Waals surface area contributed by atoms with E-state index in [4.69, 9.17) is 4.74 Å². The number of aromatic nitrogens is 1. The molecule has 5 rings (SSSR count). The van der Waals surface area contributed by atoms with Crippen molar-refractivity contribution in [3.8, 4) is 5.75 Å². The predicted octanol–water partition coefficient (Wildman–Crippen LogP) is 2.32. The maximum atomic E-state index is 15.7. The fourth-order valence-electron chi connectivity index (χ4n) is 5.58. The van der Waals surface area contributed by atoms with Crippen LogP contribution in [0.2, 0.25) is 0 Å². The molecule has 2 aliphatic heterocycles. The summed E-state index contributed by atoms with van der Waals surface area (Å²) in [5.41, 5.74) is -0.639. The van der Waals surface area contributed by atoms with Crippen LogP contribution in [0.15, 0.2) is 17.1 Å². The number of ether oxygens (including phenoxy) is 1. The van der Waals surface area contributed by atoms with Crippen molar-refractivity contribution in [1.82, 2.24) is 14.8 Å². The second-order valence-electron chi connectivity index (χ2n) is 8.91. The molecule has 1 aromatic carbocycles. The van der Waals surface area contributed by atoms with Gasteiger partial charge in [-0.05, 0) is 51.3 Å². The molecule has 2 aromatic rings. The highest BCUT2D eigenvalue weighted by molar-refractivity contribution is 5.95. The molecule has 0 unspecified atom stereocenters. The van der Waals surface area contributed by atoms with Crippen LogP contribution in [0.1, 0.15) is 47.6 Å². The lowest BCUT2D eigenvalue weighted by atomic mass is 9.75. The Morgan fingerprint density at radius 1 is 1.37 bits per heavy atom. The van der Waals surface area contributed by atoms with E-state index in [1.54, 1.807) is 0 Å². The lowest BCUT2D eigenvalue weighted by Crippen LogP contribution is -2.53. The van der Waals surface area contributed by atoms with Gasteiger partial charge in [0.15, 0.2) is 5.75 Å². The first kappa shape index (κ1) is 19.5. The summed E-state index contributed by atoms with van der Waals surface area (Å²) in [6.07, 6.45) is 5.21. The number of nitrogens with one attached hydrogen (secondary N) is 1. The van der Waals surface area contributed by atoms with Crippen molar-refractivity contribution in [3.63, 3.8) is 0 Å². The number of carboxylic acids is 1. The van der Waals surface area contributed by atoms with E-state index in [0.29, 0.717) is 23.4 Å². The number of carboxylic acid groups (broad SMARTS) is 1. The fraction of sp³-hybridized carbons (Fsp3) is 0.545. The molecule has 2 N–H and O–H groups in total. The van der Waals surface area contributed by atoms with Gasteiger partial charge in [0, 0.05) is 25.3 Å². The molecular weight excluding hydrogens is 389 g/mol. The van der Waals surface area contributed by atoms with Crippen LogP contribution >= 0.6 is 0 Å². The van der Waals surface area contributed by atoms with Gasteiger partial charge in [-0.2, -0.15) is 0 Å². The van der Waals surface area contributed by atoms with Gasteiger partial charge in [-0.1, -0.05) is 0 Å². The highest BCUT2D eigenvalue weighted by Gasteiger charge is 2.51. The van der Waals surface area contributed by atoms with Crippen molar-refractivity contribution in [2.24, 2.45) is 5.92 Å². The van der Waals surface area contributed by atoms with E-state index in [0.717, 1.165) is 38.8 Å². The number of nitrogens with zero attached hydrogens (tertiary/aromatic N) is 2. The number of benzene rings is 1. The van der Waals surface area contributed by atoms with Crippen LogP contribution in [0.4, 0.5) is 4.39 Å². The van der Waals surface area contributed by atoms with Gasteiger partial charge in [0.1, 0.15) is 11.4 Å². The molecule has 1 aliphatic carbocycles. The zero-order valence-corrected chi connectivity index (χ0v) is 17.2. The number of fused-ring (bicyclic) bond motifs is 2. The average Bonchev–Trinajstić information content (AvgIpc) is 3.48. The minimum absolute atomic E-state index is 0.0648. The molecule has 2 saturated heterocycles. The maximum absolute atomic E-state index is 15.7. The molecule has 1 aromatic heterocycles.